The van der Waals surface area contributed by atoms with E-state index in [-0.39, 0.29) is 12.8 Å². The lowest BCUT2D eigenvalue weighted by Crippen LogP contribution is -2.31. The molecule has 7 nitrogen and oxygen atoms in total. The smallest absolute Gasteiger partial charge is 0.320 e. The van der Waals surface area contributed by atoms with Crippen molar-refractivity contribution in [3.8, 4) is 0 Å². The van der Waals surface area contributed by atoms with Crippen LogP contribution in [0, 0.1) is 0 Å². The van der Waals surface area contributed by atoms with Gasteiger partial charge in [-0.25, -0.2) is 0 Å². The van der Waals surface area contributed by atoms with Crippen LogP contribution in [0.5, 0.6) is 0 Å². The lowest BCUT2D eigenvalue weighted by molar-refractivity contribution is -0.139. The summed E-state index contributed by atoms with van der Waals surface area (Å²) in [4.78, 5) is 29.7. The van der Waals surface area contributed by atoms with E-state index in [9.17, 15) is 14.4 Å². The third kappa shape index (κ3) is 14.9. The van der Waals surface area contributed by atoms with Crippen molar-refractivity contribution in [1.82, 2.24) is 0 Å². The summed E-state index contributed by atoms with van der Waals surface area (Å²) in [5, 5.41) is 16.1. The molecule has 1 unspecified atom stereocenters. The maximum absolute atomic E-state index is 10.1. The van der Waals surface area contributed by atoms with Gasteiger partial charge in [0.1, 0.15) is 6.04 Å². The minimum Gasteiger partial charge on any atom is -0.481 e. The summed E-state index contributed by atoms with van der Waals surface area (Å²) in [5.41, 5.74) is 9.81. The molecule has 6 N–H and O–H groups in total. The summed E-state index contributed by atoms with van der Waals surface area (Å²) in [6.07, 6.45) is 1.15. The van der Waals surface area contributed by atoms with Crippen LogP contribution < -0.4 is 11.5 Å². The molecule has 0 aromatic rings. The third-order valence-electron chi connectivity index (χ3n) is 1.48. The molecular weight excluding hydrogens is 216 g/mol. The second-order valence-corrected chi connectivity index (χ2v) is 3.09. The zero-order valence-electron chi connectivity index (χ0n) is 9.18. The van der Waals surface area contributed by atoms with Gasteiger partial charge in [-0.05, 0) is 12.8 Å². The molecule has 0 rings (SSSR count). The molecule has 1 atom stereocenters. The number of primary amides is 1. The highest BCUT2D eigenvalue weighted by atomic mass is 16.4. The maximum Gasteiger partial charge on any atom is 0.320 e. The number of carboxylic acid groups (broad SMARTS) is 2. The topological polar surface area (TPSA) is 144 Å². The van der Waals surface area contributed by atoms with Gasteiger partial charge >= 0.3 is 11.9 Å². The van der Waals surface area contributed by atoms with Crippen LogP contribution in [0.15, 0.2) is 0 Å². The largest absolute Gasteiger partial charge is 0.481 e. The lowest BCUT2D eigenvalue weighted by Gasteiger charge is -2.01. The average molecular weight is 234 g/mol. The minimum atomic E-state index is -1.11. The fourth-order valence-corrected chi connectivity index (χ4v) is 0.635. The van der Waals surface area contributed by atoms with Crippen molar-refractivity contribution in [1.29, 1.82) is 0 Å². The Balaban J connectivity index is 0. The molecule has 0 heterocycles. The molecule has 0 fully saturated rings. The van der Waals surface area contributed by atoms with Crippen LogP contribution in [0.25, 0.3) is 0 Å². The van der Waals surface area contributed by atoms with Crippen LogP contribution in [0.1, 0.15) is 32.6 Å². The fraction of sp³-hybridized carbons (Fsp3) is 0.667. The number of nitrogens with two attached hydrogens (primary N) is 2. The van der Waals surface area contributed by atoms with Gasteiger partial charge < -0.3 is 21.7 Å². The van der Waals surface area contributed by atoms with Gasteiger partial charge in [0, 0.05) is 12.8 Å². The molecule has 0 saturated heterocycles. The van der Waals surface area contributed by atoms with E-state index in [4.69, 9.17) is 21.7 Å². The summed E-state index contributed by atoms with van der Waals surface area (Å²) in [7, 11) is 0. The van der Waals surface area contributed by atoms with Gasteiger partial charge in [0.05, 0.1) is 0 Å². The Morgan fingerprint density at radius 2 is 1.69 bits per heavy atom. The molecule has 0 aromatic heterocycles. The minimum absolute atomic E-state index is 0.0213. The van der Waals surface area contributed by atoms with Crippen LogP contribution in [-0.4, -0.2) is 34.1 Å². The first-order valence-electron chi connectivity index (χ1n) is 4.79. The van der Waals surface area contributed by atoms with Gasteiger partial charge in [-0.2, -0.15) is 0 Å². The summed E-state index contributed by atoms with van der Waals surface area (Å²) in [5.74, 6) is -2.35. The zero-order chi connectivity index (χ0) is 13.1. The number of rotatable bonds is 6. The Morgan fingerprint density at radius 1 is 1.19 bits per heavy atom. The Labute approximate surface area is 93.4 Å². The van der Waals surface area contributed by atoms with E-state index in [1.54, 1.807) is 0 Å². The number of hydrogen-bond donors (Lipinski definition) is 4. The molecule has 16 heavy (non-hydrogen) atoms. The van der Waals surface area contributed by atoms with E-state index in [0.29, 0.717) is 6.42 Å². The zero-order valence-corrected chi connectivity index (χ0v) is 9.18. The second kappa shape index (κ2) is 9.91. The molecule has 0 radical (unpaired) electrons. The van der Waals surface area contributed by atoms with Crippen LogP contribution in [0.4, 0.5) is 0 Å². The maximum atomic E-state index is 10.1. The molecule has 0 aromatic carbocycles. The van der Waals surface area contributed by atoms with Crippen molar-refractivity contribution < 1.29 is 24.6 Å². The number of carboxylic acids is 2. The number of carbonyl (C=O) groups excluding carboxylic acids is 1. The Bertz CT molecular complexity index is 242. The first-order chi connectivity index (χ1) is 7.31. The van der Waals surface area contributed by atoms with E-state index >= 15 is 0 Å². The van der Waals surface area contributed by atoms with Crippen molar-refractivity contribution in [3.05, 3.63) is 0 Å². The third-order valence-corrected chi connectivity index (χ3v) is 1.48. The number of aliphatic carboxylic acids is 2. The molecule has 7 heteroatoms. The first-order valence-corrected chi connectivity index (χ1v) is 4.79. The Morgan fingerprint density at radius 3 is 1.88 bits per heavy atom. The number of hydrogen-bond acceptors (Lipinski definition) is 4. The number of amides is 1. The molecular formula is C9H18N2O5. The molecule has 1 amide bonds. The molecule has 0 aliphatic heterocycles. The van der Waals surface area contributed by atoms with E-state index in [2.05, 4.69) is 0 Å². The summed E-state index contributed by atoms with van der Waals surface area (Å²) in [6, 6.07) is -0.979. The van der Waals surface area contributed by atoms with Gasteiger partial charge in [0.2, 0.25) is 5.91 Å². The van der Waals surface area contributed by atoms with E-state index in [1.807, 2.05) is 6.92 Å². The molecule has 0 aliphatic carbocycles. The van der Waals surface area contributed by atoms with Crippen molar-refractivity contribution >= 4 is 17.8 Å². The van der Waals surface area contributed by atoms with Crippen LogP contribution in [-0.2, 0) is 14.4 Å². The van der Waals surface area contributed by atoms with E-state index < -0.39 is 23.9 Å². The van der Waals surface area contributed by atoms with E-state index in [0.717, 1.165) is 6.42 Å². The SMILES string of the molecule is CCCC(=O)O.NC(=O)CCC(N)C(=O)O. The van der Waals surface area contributed by atoms with Gasteiger partial charge in [-0.3, -0.25) is 14.4 Å². The van der Waals surface area contributed by atoms with Crippen molar-refractivity contribution in [2.75, 3.05) is 0 Å². The van der Waals surface area contributed by atoms with Gasteiger partial charge in [0.15, 0.2) is 0 Å². The normalized spacial score (nSPS) is 10.9. The fourth-order valence-electron chi connectivity index (χ4n) is 0.635. The van der Waals surface area contributed by atoms with Crippen molar-refractivity contribution in [2.45, 2.75) is 38.6 Å². The molecule has 94 valence electrons. The second-order valence-electron chi connectivity index (χ2n) is 3.09. The van der Waals surface area contributed by atoms with Crippen molar-refractivity contribution in [3.63, 3.8) is 0 Å². The highest BCUT2D eigenvalue weighted by Gasteiger charge is 2.11. The standard InChI is InChI=1S/C5H10N2O3.C4H8O2/c6-3(5(9)10)1-2-4(7)8;1-2-3-4(5)6/h3H,1-2,6H2,(H2,7,8)(H,9,10);2-3H2,1H3,(H,5,6). The van der Waals surface area contributed by atoms with Crippen LogP contribution in [0.2, 0.25) is 0 Å². The van der Waals surface area contributed by atoms with Gasteiger partial charge in [-0.1, -0.05) is 6.92 Å². The number of carbonyl (C=O) groups is 3. The quantitative estimate of drug-likeness (QED) is 0.489. The molecule has 0 aliphatic rings. The summed E-state index contributed by atoms with van der Waals surface area (Å²) in [6.45, 7) is 1.84. The summed E-state index contributed by atoms with van der Waals surface area (Å²) >= 11 is 0. The first kappa shape index (κ1) is 16.8. The average Bonchev–Trinajstić information content (AvgIpc) is 2.14. The summed E-state index contributed by atoms with van der Waals surface area (Å²) < 4.78 is 0. The lowest BCUT2D eigenvalue weighted by atomic mass is 10.2. The highest BCUT2D eigenvalue weighted by Crippen LogP contribution is 1.92. The van der Waals surface area contributed by atoms with Crippen molar-refractivity contribution in [2.24, 2.45) is 11.5 Å². The monoisotopic (exact) mass is 234 g/mol. The van der Waals surface area contributed by atoms with E-state index in [1.165, 1.54) is 0 Å². The Kier molecular flexibility index (Phi) is 10.4. The molecule has 0 spiro atoms. The van der Waals surface area contributed by atoms with Gasteiger partial charge in [-0.15, -0.1) is 0 Å². The van der Waals surface area contributed by atoms with Gasteiger partial charge in [0.25, 0.3) is 0 Å². The molecule has 0 saturated carbocycles. The predicted octanol–water partition coefficient (Wildman–Crippen LogP) is -0.465. The Hall–Kier alpha value is -1.63. The molecule has 0 bridgehead atoms. The predicted molar refractivity (Wildman–Crippen MR) is 56.6 cm³/mol. The van der Waals surface area contributed by atoms with Crippen LogP contribution >= 0.6 is 0 Å². The van der Waals surface area contributed by atoms with Crippen LogP contribution in [0.3, 0.4) is 0 Å². The highest BCUT2D eigenvalue weighted by molar-refractivity contribution is 5.76.